The van der Waals surface area contributed by atoms with Crippen molar-refractivity contribution in [2.75, 3.05) is 19.6 Å². The summed E-state index contributed by atoms with van der Waals surface area (Å²) in [6.07, 6.45) is 0. The van der Waals surface area contributed by atoms with Gasteiger partial charge in [-0.3, -0.25) is 15.0 Å². The van der Waals surface area contributed by atoms with Crippen LogP contribution in [0.25, 0.3) is 10.8 Å². The number of nitrogens with one attached hydrogen (secondary N) is 1. The molecule has 4 rings (SSSR count). The van der Waals surface area contributed by atoms with Crippen molar-refractivity contribution in [2.45, 2.75) is 18.4 Å². The van der Waals surface area contributed by atoms with E-state index in [2.05, 4.69) is 0 Å². The molecule has 3 aromatic carbocycles. The lowest BCUT2D eigenvalue weighted by Crippen LogP contribution is -2.51. The van der Waals surface area contributed by atoms with Crippen molar-refractivity contribution >= 4 is 50.1 Å². The van der Waals surface area contributed by atoms with Crippen LogP contribution in [0.5, 0.6) is 0 Å². The van der Waals surface area contributed by atoms with Gasteiger partial charge in [0.1, 0.15) is 5.84 Å². The van der Waals surface area contributed by atoms with E-state index in [9.17, 15) is 13.2 Å². The first-order chi connectivity index (χ1) is 16.5. The number of nitrogen functional groups attached to an aromatic ring is 1. The number of carboxylic acids is 1. The predicted octanol–water partition coefficient (Wildman–Crippen LogP) is 2.90. The summed E-state index contributed by atoms with van der Waals surface area (Å²) >= 11 is 6.00. The van der Waals surface area contributed by atoms with Gasteiger partial charge in [-0.25, -0.2) is 8.42 Å². The fourth-order valence-electron chi connectivity index (χ4n) is 3.62. The Morgan fingerprint density at radius 1 is 1.09 bits per heavy atom. The molecule has 0 aromatic heterocycles. The summed E-state index contributed by atoms with van der Waals surface area (Å²) in [6.45, 7) is 1.70. The Labute approximate surface area is 208 Å². The zero-order chi connectivity index (χ0) is 25.8. The van der Waals surface area contributed by atoms with E-state index in [-0.39, 0.29) is 36.3 Å². The van der Waals surface area contributed by atoms with Gasteiger partial charge in [-0.15, -0.1) is 0 Å². The molecule has 9 nitrogen and oxygen atoms in total. The van der Waals surface area contributed by atoms with Crippen LogP contribution < -0.4 is 5.73 Å². The number of benzene rings is 3. The molecule has 1 fully saturated rings. The van der Waals surface area contributed by atoms with E-state index in [1.54, 1.807) is 53.4 Å². The van der Waals surface area contributed by atoms with Crippen LogP contribution in [0.1, 0.15) is 18.1 Å². The van der Waals surface area contributed by atoms with Crippen molar-refractivity contribution in [3.8, 4) is 0 Å². The average molecular weight is 517 g/mol. The van der Waals surface area contributed by atoms with Crippen LogP contribution in [0.2, 0.25) is 5.02 Å². The maximum absolute atomic E-state index is 13.1. The maximum atomic E-state index is 13.1. The number of nitrogens with two attached hydrogens (primary N) is 1. The van der Waals surface area contributed by atoms with Gasteiger partial charge in [0.25, 0.3) is 5.97 Å². The fraction of sp³-hybridized carbons (Fsp3) is 0.208. The van der Waals surface area contributed by atoms with Crippen molar-refractivity contribution < 1.29 is 23.1 Å². The van der Waals surface area contributed by atoms with Gasteiger partial charge in [-0.1, -0.05) is 41.9 Å². The first-order valence-corrected chi connectivity index (χ1v) is 12.4. The number of aliphatic carboxylic acids is 1. The van der Waals surface area contributed by atoms with E-state index in [4.69, 9.17) is 32.6 Å². The lowest BCUT2D eigenvalue weighted by atomic mass is 10.1. The molecule has 0 unspecified atom stereocenters. The molecule has 0 spiro atoms. The second-order valence-corrected chi connectivity index (χ2v) is 10.3. The summed E-state index contributed by atoms with van der Waals surface area (Å²) in [5, 5.41) is 17.2. The predicted molar refractivity (Wildman–Crippen MR) is 134 cm³/mol. The first-order valence-electron chi connectivity index (χ1n) is 10.6. The zero-order valence-corrected chi connectivity index (χ0v) is 20.5. The Balaban J connectivity index is 0.000000795. The molecule has 1 aliphatic rings. The minimum Gasteiger partial charge on any atom is -0.481 e. The molecule has 11 heteroatoms. The van der Waals surface area contributed by atoms with Crippen LogP contribution in [-0.2, 0) is 26.2 Å². The molecule has 184 valence electrons. The van der Waals surface area contributed by atoms with E-state index in [0.717, 1.165) is 23.3 Å². The molecule has 1 amide bonds. The van der Waals surface area contributed by atoms with Gasteiger partial charge in [-0.2, -0.15) is 4.31 Å². The first kappa shape index (κ1) is 26.1. The zero-order valence-electron chi connectivity index (χ0n) is 18.9. The van der Waals surface area contributed by atoms with Crippen LogP contribution in [0.3, 0.4) is 0 Å². The Kier molecular flexibility index (Phi) is 8.11. The Morgan fingerprint density at radius 3 is 2.40 bits per heavy atom. The summed E-state index contributed by atoms with van der Waals surface area (Å²) in [7, 11) is -3.80. The molecular formula is C24H25ClN4O5S. The van der Waals surface area contributed by atoms with Crippen LogP contribution in [0.4, 0.5) is 0 Å². The molecular weight excluding hydrogens is 492 g/mol. The molecule has 0 aliphatic carbocycles. The molecule has 0 saturated carbocycles. The highest BCUT2D eigenvalue weighted by atomic mass is 35.5. The number of sulfonamides is 1. The molecule has 0 radical (unpaired) electrons. The standard InChI is InChI=1S/C22H21ClN4O3S.C2H4O2/c23-19-6-4-17-12-20(7-5-16(17)11-19)31(29,30)27-9-8-26(21(28)14-27)13-15-2-1-3-18(10-15)22(24)25;1-2(3)4/h1-7,10-12H,8-9,13-14H2,(H3,24,25);1H3,(H,3,4). The highest BCUT2D eigenvalue weighted by molar-refractivity contribution is 7.89. The van der Waals surface area contributed by atoms with Crippen molar-refractivity contribution in [3.05, 3.63) is 76.8 Å². The van der Waals surface area contributed by atoms with Crippen molar-refractivity contribution in [2.24, 2.45) is 5.73 Å². The number of fused-ring (bicyclic) bond motifs is 1. The van der Waals surface area contributed by atoms with Crippen molar-refractivity contribution in [1.29, 1.82) is 5.41 Å². The molecule has 0 bridgehead atoms. The summed E-state index contributed by atoms with van der Waals surface area (Å²) < 4.78 is 27.5. The molecule has 35 heavy (non-hydrogen) atoms. The van der Waals surface area contributed by atoms with Crippen LogP contribution in [0, 0.1) is 5.41 Å². The van der Waals surface area contributed by atoms with E-state index >= 15 is 0 Å². The van der Waals surface area contributed by atoms with Crippen LogP contribution >= 0.6 is 11.6 Å². The van der Waals surface area contributed by atoms with E-state index in [1.165, 1.54) is 10.4 Å². The second-order valence-electron chi connectivity index (χ2n) is 7.94. The average Bonchev–Trinajstić information content (AvgIpc) is 2.79. The quantitative estimate of drug-likeness (QED) is 0.351. The molecule has 1 aliphatic heterocycles. The number of hydrogen-bond acceptors (Lipinski definition) is 5. The molecule has 3 aromatic rings. The Morgan fingerprint density at radius 2 is 1.74 bits per heavy atom. The molecule has 1 heterocycles. The van der Waals surface area contributed by atoms with Crippen LogP contribution in [-0.4, -0.2) is 60.1 Å². The third-order valence-electron chi connectivity index (χ3n) is 5.31. The summed E-state index contributed by atoms with van der Waals surface area (Å²) in [5.41, 5.74) is 6.95. The van der Waals surface area contributed by atoms with E-state index in [0.29, 0.717) is 17.1 Å². The largest absolute Gasteiger partial charge is 0.481 e. The minimum atomic E-state index is -3.80. The van der Waals surface area contributed by atoms with E-state index < -0.39 is 16.0 Å². The third kappa shape index (κ3) is 6.56. The SMILES string of the molecule is CC(=O)O.N=C(N)c1cccc(CN2CCN(S(=O)(=O)c3ccc4cc(Cl)ccc4c3)CC2=O)c1. The number of carbonyl (C=O) groups excluding carboxylic acids is 1. The molecule has 1 saturated heterocycles. The summed E-state index contributed by atoms with van der Waals surface area (Å²) in [4.78, 5) is 23.5. The number of nitrogens with zero attached hydrogens (tertiary/aromatic N) is 2. The number of amides is 1. The normalized spacial score (nSPS) is 14.3. The van der Waals surface area contributed by atoms with Gasteiger partial charge in [0.2, 0.25) is 15.9 Å². The van der Waals surface area contributed by atoms with E-state index in [1.807, 2.05) is 6.07 Å². The number of halogens is 1. The van der Waals surface area contributed by atoms with Gasteiger partial charge in [0.05, 0.1) is 11.4 Å². The smallest absolute Gasteiger partial charge is 0.300 e. The fourth-order valence-corrected chi connectivity index (χ4v) is 5.22. The number of carbonyl (C=O) groups is 2. The minimum absolute atomic E-state index is 0.0401. The number of carboxylic acid groups (broad SMARTS) is 1. The topological polar surface area (TPSA) is 145 Å². The lowest BCUT2D eigenvalue weighted by Gasteiger charge is -2.33. The van der Waals surface area contributed by atoms with Gasteiger partial charge < -0.3 is 15.7 Å². The Hall–Kier alpha value is -3.47. The van der Waals surface area contributed by atoms with Gasteiger partial charge in [0, 0.05) is 37.1 Å². The number of rotatable bonds is 5. The highest BCUT2D eigenvalue weighted by Crippen LogP contribution is 2.25. The summed E-state index contributed by atoms with van der Waals surface area (Å²) in [6, 6.07) is 17.2. The third-order valence-corrected chi connectivity index (χ3v) is 7.38. The number of amidine groups is 1. The van der Waals surface area contributed by atoms with Gasteiger partial charge in [0.15, 0.2) is 0 Å². The monoisotopic (exact) mass is 516 g/mol. The number of piperazine rings is 1. The molecule has 0 atom stereocenters. The lowest BCUT2D eigenvalue weighted by molar-refractivity contribution is -0.135. The Bertz CT molecular complexity index is 1390. The molecule has 4 N–H and O–H groups in total. The van der Waals surface area contributed by atoms with Crippen molar-refractivity contribution in [1.82, 2.24) is 9.21 Å². The van der Waals surface area contributed by atoms with Gasteiger partial charge in [-0.05, 0) is 46.7 Å². The number of hydrogen-bond donors (Lipinski definition) is 3. The second kappa shape index (κ2) is 10.9. The maximum Gasteiger partial charge on any atom is 0.300 e. The van der Waals surface area contributed by atoms with Gasteiger partial charge >= 0.3 is 0 Å². The van der Waals surface area contributed by atoms with Crippen molar-refractivity contribution in [3.63, 3.8) is 0 Å². The van der Waals surface area contributed by atoms with Crippen LogP contribution in [0.15, 0.2) is 65.6 Å². The highest BCUT2D eigenvalue weighted by Gasteiger charge is 2.33. The summed E-state index contributed by atoms with van der Waals surface area (Å²) in [5.74, 6) is -1.14.